The van der Waals surface area contributed by atoms with E-state index in [2.05, 4.69) is 19.2 Å². The highest BCUT2D eigenvalue weighted by Gasteiger charge is 2.38. The Morgan fingerprint density at radius 1 is 1.30 bits per heavy atom. The third-order valence-electron chi connectivity index (χ3n) is 4.05. The maximum absolute atomic E-state index is 12.5. The maximum atomic E-state index is 12.5. The molecule has 0 spiro atoms. The van der Waals surface area contributed by atoms with E-state index in [9.17, 15) is 4.79 Å². The number of nitrogens with one attached hydrogen (secondary N) is 1. The second-order valence-corrected chi connectivity index (χ2v) is 6.02. The highest BCUT2D eigenvalue weighted by Crippen LogP contribution is 2.28. The molecule has 4 heteroatoms. The minimum Gasteiger partial charge on any atom is -0.321 e. The molecule has 1 amide bonds. The second-order valence-electron chi connectivity index (χ2n) is 5.59. The molecule has 2 rings (SSSR count). The lowest BCUT2D eigenvalue weighted by Crippen LogP contribution is -2.34. The lowest BCUT2D eigenvalue weighted by atomic mass is 10.1. The molecule has 110 valence electrons. The molecule has 20 heavy (non-hydrogen) atoms. The highest BCUT2D eigenvalue weighted by atomic mass is 35.5. The van der Waals surface area contributed by atoms with E-state index in [-0.39, 0.29) is 18.1 Å². The SMILES string of the molecule is CCC(C)CN1C(=O)C(CC)NC1c1ccc(Cl)cc1. The Balaban J connectivity index is 2.23. The van der Waals surface area contributed by atoms with Gasteiger partial charge in [-0.3, -0.25) is 10.1 Å². The molecule has 0 radical (unpaired) electrons. The largest absolute Gasteiger partial charge is 0.321 e. The molecule has 1 heterocycles. The van der Waals surface area contributed by atoms with Crippen LogP contribution in [0.15, 0.2) is 24.3 Å². The summed E-state index contributed by atoms with van der Waals surface area (Å²) in [5.74, 6) is 0.721. The van der Waals surface area contributed by atoms with Crippen molar-refractivity contribution in [3.05, 3.63) is 34.9 Å². The Morgan fingerprint density at radius 2 is 1.95 bits per heavy atom. The summed E-state index contributed by atoms with van der Waals surface area (Å²) in [6, 6.07) is 7.68. The van der Waals surface area contributed by atoms with Crippen molar-refractivity contribution < 1.29 is 4.79 Å². The third-order valence-corrected chi connectivity index (χ3v) is 4.30. The Bertz CT molecular complexity index is 460. The number of nitrogens with zero attached hydrogens (tertiary/aromatic N) is 1. The van der Waals surface area contributed by atoms with Crippen LogP contribution in [0, 0.1) is 5.92 Å². The van der Waals surface area contributed by atoms with Crippen LogP contribution < -0.4 is 5.32 Å². The monoisotopic (exact) mass is 294 g/mol. The molecular formula is C16H23ClN2O. The second kappa shape index (κ2) is 6.59. The van der Waals surface area contributed by atoms with Gasteiger partial charge >= 0.3 is 0 Å². The van der Waals surface area contributed by atoms with Crippen molar-refractivity contribution in [2.75, 3.05) is 6.54 Å². The molecule has 1 saturated heterocycles. The Labute approximate surface area is 126 Å². The van der Waals surface area contributed by atoms with Crippen molar-refractivity contribution in [1.82, 2.24) is 10.2 Å². The minimum atomic E-state index is -0.0697. The smallest absolute Gasteiger partial charge is 0.241 e. The summed E-state index contributed by atoms with van der Waals surface area (Å²) < 4.78 is 0. The third kappa shape index (κ3) is 3.15. The average molecular weight is 295 g/mol. The number of carbonyl (C=O) groups excluding carboxylic acids is 1. The van der Waals surface area contributed by atoms with Gasteiger partial charge in [-0.15, -0.1) is 0 Å². The highest BCUT2D eigenvalue weighted by molar-refractivity contribution is 6.30. The molecule has 3 nitrogen and oxygen atoms in total. The van der Waals surface area contributed by atoms with Crippen LogP contribution in [-0.4, -0.2) is 23.4 Å². The van der Waals surface area contributed by atoms with Gasteiger partial charge in [0.15, 0.2) is 0 Å². The zero-order chi connectivity index (χ0) is 14.7. The van der Waals surface area contributed by atoms with Crippen molar-refractivity contribution in [2.45, 2.75) is 45.8 Å². The van der Waals surface area contributed by atoms with E-state index in [0.29, 0.717) is 5.92 Å². The molecule has 1 aromatic rings. The standard InChI is InChI=1S/C16H23ClN2O/c1-4-11(3)10-19-15(18-14(5-2)16(19)20)12-6-8-13(17)9-7-12/h6-9,11,14-15,18H,4-5,10H2,1-3H3. The summed E-state index contributed by atoms with van der Waals surface area (Å²) in [5.41, 5.74) is 1.10. The van der Waals surface area contributed by atoms with Gasteiger partial charge in [0, 0.05) is 11.6 Å². The van der Waals surface area contributed by atoms with Gasteiger partial charge in [-0.1, -0.05) is 50.9 Å². The first-order valence-electron chi connectivity index (χ1n) is 7.38. The van der Waals surface area contributed by atoms with E-state index in [4.69, 9.17) is 11.6 Å². The summed E-state index contributed by atoms with van der Waals surface area (Å²) in [5, 5.41) is 4.16. The quantitative estimate of drug-likeness (QED) is 0.900. The number of rotatable bonds is 5. The maximum Gasteiger partial charge on any atom is 0.241 e. The van der Waals surface area contributed by atoms with Crippen molar-refractivity contribution in [3.63, 3.8) is 0 Å². The first-order valence-corrected chi connectivity index (χ1v) is 7.76. The minimum absolute atomic E-state index is 0.0290. The van der Waals surface area contributed by atoms with E-state index in [1.54, 1.807) is 0 Å². The molecule has 0 aliphatic carbocycles. The number of halogens is 1. The molecule has 1 aliphatic rings. The summed E-state index contributed by atoms with van der Waals surface area (Å²) >= 11 is 5.95. The lowest BCUT2D eigenvalue weighted by Gasteiger charge is -2.27. The van der Waals surface area contributed by atoms with E-state index in [1.165, 1.54) is 0 Å². The van der Waals surface area contributed by atoms with Gasteiger partial charge in [-0.2, -0.15) is 0 Å². The van der Waals surface area contributed by atoms with Crippen molar-refractivity contribution in [3.8, 4) is 0 Å². The summed E-state index contributed by atoms with van der Waals surface area (Å²) in [4.78, 5) is 14.5. The molecule has 0 bridgehead atoms. The van der Waals surface area contributed by atoms with Gasteiger partial charge in [0.05, 0.1) is 6.04 Å². The molecular weight excluding hydrogens is 272 g/mol. The normalized spacial score (nSPS) is 24.2. The van der Waals surface area contributed by atoms with E-state index in [1.807, 2.05) is 36.1 Å². The molecule has 3 unspecified atom stereocenters. The van der Waals surface area contributed by atoms with Gasteiger partial charge in [0.25, 0.3) is 0 Å². The van der Waals surface area contributed by atoms with Gasteiger partial charge < -0.3 is 4.90 Å². The number of hydrogen-bond donors (Lipinski definition) is 1. The van der Waals surface area contributed by atoms with Gasteiger partial charge in [0.1, 0.15) is 6.17 Å². The zero-order valence-corrected chi connectivity index (χ0v) is 13.2. The fraction of sp³-hybridized carbons (Fsp3) is 0.562. The van der Waals surface area contributed by atoms with Crippen LogP contribution in [0.3, 0.4) is 0 Å². The summed E-state index contributed by atoms with van der Waals surface area (Å²) in [7, 11) is 0. The van der Waals surface area contributed by atoms with E-state index < -0.39 is 0 Å². The van der Waals surface area contributed by atoms with Crippen LogP contribution in [0.4, 0.5) is 0 Å². The molecule has 1 aromatic carbocycles. The van der Waals surface area contributed by atoms with Crippen LogP contribution in [-0.2, 0) is 4.79 Å². The Hall–Kier alpha value is -1.06. The van der Waals surface area contributed by atoms with Gasteiger partial charge in [-0.05, 0) is 30.0 Å². The van der Waals surface area contributed by atoms with Crippen LogP contribution in [0.5, 0.6) is 0 Å². The molecule has 1 N–H and O–H groups in total. The predicted octanol–water partition coefficient (Wildman–Crippen LogP) is 3.60. The first kappa shape index (κ1) is 15.3. The molecule has 0 aromatic heterocycles. The zero-order valence-electron chi connectivity index (χ0n) is 12.4. The number of benzene rings is 1. The lowest BCUT2D eigenvalue weighted by molar-refractivity contribution is -0.130. The molecule has 0 saturated carbocycles. The van der Waals surface area contributed by atoms with Gasteiger partial charge in [-0.25, -0.2) is 0 Å². The van der Waals surface area contributed by atoms with Gasteiger partial charge in [0.2, 0.25) is 5.91 Å². The van der Waals surface area contributed by atoms with Crippen molar-refractivity contribution in [1.29, 1.82) is 0 Å². The Kier molecular flexibility index (Phi) is 5.06. The van der Waals surface area contributed by atoms with E-state index in [0.717, 1.165) is 30.0 Å². The number of hydrogen-bond acceptors (Lipinski definition) is 2. The topological polar surface area (TPSA) is 32.3 Å². The van der Waals surface area contributed by atoms with Crippen molar-refractivity contribution >= 4 is 17.5 Å². The Morgan fingerprint density at radius 3 is 2.50 bits per heavy atom. The molecule has 1 aliphatic heterocycles. The molecule has 1 fully saturated rings. The first-order chi connectivity index (χ1) is 9.56. The van der Waals surface area contributed by atoms with Crippen molar-refractivity contribution in [2.24, 2.45) is 5.92 Å². The predicted molar refractivity (Wildman–Crippen MR) is 82.6 cm³/mol. The van der Waals surface area contributed by atoms with Crippen LogP contribution >= 0.6 is 11.6 Å². The van der Waals surface area contributed by atoms with Crippen LogP contribution in [0.2, 0.25) is 5.02 Å². The number of carbonyl (C=O) groups is 1. The average Bonchev–Trinajstić information content (AvgIpc) is 2.76. The summed E-state index contributed by atoms with van der Waals surface area (Å²) in [6.07, 6.45) is 1.87. The summed E-state index contributed by atoms with van der Waals surface area (Å²) in [6.45, 7) is 7.19. The van der Waals surface area contributed by atoms with Crippen LogP contribution in [0.25, 0.3) is 0 Å². The van der Waals surface area contributed by atoms with Crippen LogP contribution in [0.1, 0.15) is 45.3 Å². The fourth-order valence-corrected chi connectivity index (χ4v) is 2.68. The number of amides is 1. The fourth-order valence-electron chi connectivity index (χ4n) is 2.55. The van der Waals surface area contributed by atoms with E-state index >= 15 is 0 Å². The molecule has 3 atom stereocenters.